The van der Waals surface area contributed by atoms with E-state index in [1.54, 1.807) is 7.11 Å². The first-order valence-corrected chi connectivity index (χ1v) is 4.01. The van der Waals surface area contributed by atoms with Crippen LogP contribution in [0.15, 0.2) is 18.2 Å². The van der Waals surface area contributed by atoms with Crippen LogP contribution in [0.2, 0.25) is 0 Å². The first-order chi connectivity index (χ1) is 5.29. The Bertz CT molecular complexity index is 245. The molecule has 0 saturated carbocycles. The van der Waals surface area contributed by atoms with Crippen LogP contribution in [0, 0.1) is 6.92 Å². The molecule has 1 rings (SSSR count). The number of benzene rings is 1. The van der Waals surface area contributed by atoms with Gasteiger partial charge in [0.15, 0.2) is 0 Å². The molecule has 0 atom stereocenters. The first kappa shape index (κ1) is 8.41. The standard InChI is InChI=1S/C9H11ClO/c1-7-4-3-5-8(6-10)9(7)11-2/h3-5H,6H2,1-2H3. The van der Waals surface area contributed by atoms with Gasteiger partial charge in [0.05, 0.1) is 13.0 Å². The number of hydrogen-bond acceptors (Lipinski definition) is 1. The summed E-state index contributed by atoms with van der Waals surface area (Å²) in [4.78, 5) is 0. The summed E-state index contributed by atoms with van der Waals surface area (Å²) in [5.41, 5.74) is 2.18. The third kappa shape index (κ3) is 1.66. The highest BCUT2D eigenvalue weighted by molar-refractivity contribution is 6.17. The highest BCUT2D eigenvalue weighted by Crippen LogP contribution is 2.23. The Labute approximate surface area is 71.9 Å². The van der Waals surface area contributed by atoms with E-state index in [-0.39, 0.29) is 0 Å². The second kappa shape index (κ2) is 3.63. The molecule has 0 aliphatic heterocycles. The van der Waals surface area contributed by atoms with Crippen LogP contribution in [-0.4, -0.2) is 7.11 Å². The average molecular weight is 171 g/mol. The molecule has 1 aromatic carbocycles. The molecule has 0 N–H and O–H groups in total. The average Bonchev–Trinajstić information content (AvgIpc) is 2.04. The lowest BCUT2D eigenvalue weighted by Crippen LogP contribution is -1.91. The summed E-state index contributed by atoms with van der Waals surface area (Å²) in [5.74, 6) is 1.41. The third-order valence-corrected chi connectivity index (χ3v) is 1.93. The van der Waals surface area contributed by atoms with Crippen molar-refractivity contribution in [1.82, 2.24) is 0 Å². The van der Waals surface area contributed by atoms with Gasteiger partial charge in [-0.15, -0.1) is 11.6 Å². The molecule has 1 aromatic rings. The predicted octanol–water partition coefficient (Wildman–Crippen LogP) is 2.74. The molecule has 0 bridgehead atoms. The molecule has 0 aliphatic rings. The maximum absolute atomic E-state index is 5.70. The van der Waals surface area contributed by atoms with Crippen LogP contribution in [0.3, 0.4) is 0 Å². The van der Waals surface area contributed by atoms with Gasteiger partial charge in [0, 0.05) is 5.56 Å². The minimum absolute atomic E-state index is 0.505. The molecule has 0 aromatic heterocycles. The van der Waals surface area contributed by atoms with Crippen LogP contribution in [0.5, 0.6) is 5.75 Å². The van der Waals surface area contributed by atoms with Gasteiger partial charge in [-0.05, 0) is 12.5 Å². The van der Waals surface area contributed by atoms with E-state index in [9.17, 15) is 0 Å². The zero-order valence-electron chi connectivity index (χ0n) is 6.73. The Kier molecular flexibility index (Phi) is 2.77. The number of ether oxygens (including phenoxy) is 1. The van der Waals surface area contributed by atoms with Crippen LogP contribution >= 0.6 is 11.6 Å². The summed E-state index contributed by atoms with van der Waals surface area (Å²) >= 11 is 5.70. The van der Waals surface area contributed by atoms with Gasteiger partial charge in [0.2, 0.25) is 0 Å². The first-order valence-electron chi connectivity index (χ1n) is 3.48. The van der Waals surface area contributed by atoms with E-state index in [0.29, 0.717) is 5.88 Å². The minimum atomic E-state index is 0.505. The number of rotatable bonds is 2. The van der Waals surface area contributed by atoms with Gasteiger partial charge in [0.1, 0.15) is 5.75 Å². The van der Waals surface area contributed by atoms with Crippen LogP contribution in [0.4, 0.5) is 0 Å². The quantitative estimate of drug-likeness (QED) is 0.621. The lowest BCUT2D eigenvalue weighted by atomic mass is 10.1. The summed E-state index contributed by atoms with van der Waals surface area (Å²) in [6.45, 7) is 2.01. The largest absolute Gasteiger partial charge is 0.496 e. The molecule has 0 fully saturated rings. The summed E-state index contributed by atoms with van der Waals surface area (Å²) in [7, 11) is 1.67. The van der Waals surface area contributed by atoms with Crippen molar-refractivity contribution in [2.75, 3.05) is 7.11 Å². The van der Waals surface area contributed by atoms with Crippen LogP contribution < -0.4 is 4.74 Å². The second-order valence-corrected chi connectivity index (χ2v) is 2.67. The molecular weight excluding hydrogens is 160 g/mol. The lowest BCUT2D eigenvalue weighted by molar-refractivity contribution is 0.408. The van der Waals surface area contributed by atoms with Gasteiger partial charge in [-0.25, -0.2) is 0 Å². The van der Waals surface area contributed by atoms with Gasteiger partial charge in [-0.3, -0.25) is 0 Å². The van der Waals surface area contributed by atoms with Crippen molar-refractivity contribution in [2.24, 2.45) is 0 Å². The fourth-order valence-electron chi connectivity index (χ4n) is 1.11. The van der Waals surface area contributed by atoms with Gasteiger partial charge in [-0.2, -0.15) is 0 Å². The van der Waals surface area contributed by atoms with Crippen molar-refractivity contribution in [1.29, 1.82) is 0 Å². The third-order valence-electron chi connectivity index (χ3n) is 1.64. The Morgan fingerprint density at radius 1 is 1.45 bits per heavy atom. The van der Waals surface area contributed by atoms with Crippen molar-refractivity contribution in [3.63, 3.8) is 0 Å². The minimum Gasteiger partial charge on any atom is -0.496 e. The Hall–Kier alpha value is -0.690. The summed E-state index contributed by atoms with van der Waals surface area (Å²) in [5, 5.41) is 0. The molecular formula is C9H11ClO. The number of halogens is 1. The molecule has 0 unspecified atom stereocenters. The van der Waals surface area contributed by atoms with E-state index >= 15 is 0 Å². The zero-order valence-corrected chi connectivity index (χ0v) is 7.48. The Balaban J connectivity index is 3.13. The van der Waals surface area contributed by atoms with Gasteiger partial charge >= 0.3 is 0 Å². The zero-order chi connectivity index (χ0) is 8.27. The van der Waals surface area contributed by atoms with Crippen LogP contribution in [-0.2, 0) is 5.88 Å². The lowest BCUT2D eigenvalue weighted by Gasteiger charge is -2.07. The second-order valence-electron chi connectivity index (χ2n) is 2.40. The highest BCUT2D eigenvalue weighted by atomic mass is 35.5. The molecule has 0 spiro atoms. The topological polar surface area (TPSA) is 9.23 Å². The molecule has 1 nitrogen and oxygen atoms in total. The molecule has 0 aliphatic carbocycles. The Morgan fingerprint density at radius 3 is 2.64 bits per heavy atom. The molecule has 0 radical (unpaired) electrons. The number of methoxy groups -OCH3 is 1. The van der Waals surface area contributed by atoms with E-state index < -0.39 is 0 Å². The van der Waals surface area contributed by atoms with Gasteiger partial charge in [-0.1, -0.05) is 18.2 Å². The molecule has 60 valence electrons. The van der Waals surface area contributed by atoms with Crippen molar-refractivity contribution in [2.45, 2.75) is 12.8 Å². The number of para-hydroxylation sites is 1. The smallest absolute Gasteiger partial charge is 0.126 e. The summed E-state index contributed by atoms with van der Waals surface area (Å²) in [6.07, 6.45) is 0. The van der Waals surface area contributed by atoms with Gasteiger partial charge in [0.25, 0.3) is 0 Å². The fourth-order valence-corrected chi connectivity index (χ4v) is 1.32. The van der Waals surface area contributed by atoms with E-state index in [1.165, 1.54) is 0 Å². The number of alkyl halides is 1. The molecule has 11 heavy (non-hydrogen) atoms. The van der Waals surface area contributed by atoms with Crippen molar-refractivity contribution in [3.8, 4) is 5.75 Å². The van der Waals surface area contributed by atoms with Crippen LogP contribution in [0.25, 0.3) is 0 Å². The normalized spacial score (nSPS) is 9.73. The predicted molar refractivity (Wildman–Crippen MR) is 47.3 cm³/mol. The summed E-state index contributed by atoms with van der Waals surface area (Å²) in [6, 6.07) is 5.96. The van der Waals surface area contributed by atoms with Crippen LogP contribution in [0.1, 0.15) is 11.1 Å². The maximum atomic E-state index is 5.70. The van der Waals surface area contributed by atoms with Crippen molar-refractivity contribution in [3.05, 3.63) is 29.3 Å². The molecule has 2 heteroatoms. The van der Waals surface area contributed by atoms with E-state index in [1.807, 2.05) is 25.1 Å². The molecule has 0 saturated heterocycles. The van der Waals surface area contributed by atoms with E-state index in [2.05, 4.69) is 0 Å². The SMILES string of the molecule is COc1c(C)cccc1CCl. The summed E-state index contributed by atoms with van der Waals surface area (Å²) < 4.78 is 5.18. The van der Waals surface area contributed by atoms with Crippen molar-refractivity contribution >= 4 is 11.6 Å². The number of aryl methyl sites for hydroxylation is 1. The number of hydrogen-bond donors (Lipinski definition) is 0. The van der Waals surface area contributed by atoms with Crippen molar-refractivity contribution < 1.29 is 4.74 Å². The maximum Gasteiger partial charge on any atom is 0.126 e. The monoisotopic (exact) mass is 170 g/mol. The van der Waals surface area contributed by atoms with Gasteiger partial charge < -0.3 is 4.74 Å². The molecule has 0 amide bonds. The van der Waals surface area contributed by atoms with E-state index in [4.69, 9.17) is 16.3 Å². The highest BCUT2D eigenvalue weighted by Gasteiger charge is 2.02. The fraction of sp³-hybridized carbons (Fsp3) is 0.333. The Morgan fingerprint density at radius 2 is 2.18 bits per heavy atom. The van der Waals surface area contributed by atoms with E-state index in [0.717, 1.165) is 16.9 Å². The molecule has 0 heterocycles.